The third-order valence-corrected chi connectivity index (χ3v) is 16.3. The van der Waals surface area contributed by atoms with E-state index in [1.807, 2.05) is 41.3 Å². The number of likely N-dealkylation sites (tertiary alicyclic amines) is 1. The minimum Gasteiger partial charge on any atom is -0.446 e. The third kappa shape index (κ3) is 15.4. The molecule has 0 unspecified atom stereocenters. The Hall–Kier alpha value is -5.91. The molecule has 76 heavy (non-hydrogen) atoms. The van der Waals surface area contributed by atoms with Crippen molar-refractivity contribution in [1.29, 1.82) is 0 Å². The maximum atomic E-state index is 14.1. The Balaban J connectivity index is 0.000000158. The number of nitrogens with one attached hydrogen (secondary N) is 2. The Morgan fingerprint density at radius 2 is 0.855 bits per heavy atom. The summed E-state index contributed by atoms with van der Waals surface area (Å²) in [6.45, 7) is 11.6. The predicted molar refractivity (Wildman–Crippen MR) is 291 cm³/mol. The topological polar surface area (TPSA) is 53.6 Å². The molecule has 0 bridgehead atoms. The van der Waals surface area contributed by atoms with Gasteiger partial charge in [-0.3, -0.25) is 0 Å². The van der Waals surface area contributed by atoms with Crippen LogP contribution in [0.4, 0.5) is 31.1 Å². The lowest BCUT2D eigenvalue weighted by atomic mass is 9.75. The molecule has 5 nitrogen and oxygen atoms in total. The molecule has 6 atom stereocenters. The number of hydrogen-bond donors (Lipinski definition) is 2. The molecule has 0 radical (unpaired) electrons. The van der Waals surface area contributed by atoms with E-state index in [-0.39, 0.29) is 70.8 Å². The fourth-order valence-corrected chi connectivity index (χ4v) is 12.6. The second-order valence-electron chi connectivity index (χ2n) is 22.1. The van der Waals surface area contributed by atoms with Crippen molar-refractivity contribution in [3.05, 3.63) is 214 Å². The van der Waals surface area contributed by atoms with Gasteiger partial charge in [0.2, 0.25) is 0 Å². The average molecular weight is 1040 g/mol. The van der Waals surface area contributed by atoms with Crippen LogP contribution < -0.4 is 10.6 Å². The molecule has 1 aliphatic carbocycles. The largest absolute Gasteiger partial charge is 0.446 e. The van der Waals surface area contributed by atoms with Gasteiger partial charge >= 0.3 is 6.09 Å². The Morgan fingerprint density at radius 1 is 0.500 bits per heavy atom. The maximum absolute atomic E-state index is 14.1. The number of benzene rings is 6. The van der Waals surface area contributed by atoms with Crippen LogP contribution in [0.3, 0.4) is 0 Å². The van der Waals surface area contributed by atoms with Crippen LogP contribution in [-0.4, -0.2) is 56.4 Å². The van der Waals surface area contributed by atoms with Gasteiger partial charge in [0.1, 0.15) is 41.0 Å². The second-order valence-corrected chi connectivity index (χ2v) is 22.1. The maximum Gasteiger partial charge on any atom is 0.410 e. The third-order valence-electron chi connectivity index (χ3n) is 16.3. The molecule has 4 fully saturated rings. The highest BCUT2D eigenvalue weighted by molar-refractivity contribution is 5.68. The minimum atomic E-state index is -0.308. The smallest absolute Gasteiger partial charge is 0.410 e. The van der Waals surface area contributed by atoms with Crippen molar-refractivity contribution >= 4 is 6.09 Å². The minimum absolute atomic E-state index is 0.0317. The van der Waals surface area contributed by atoms with Crippen LogP contribution in [0.1, 0.15) is 130 Å². The number of piperidine rings is 3. The molecule has 2 N–H and O–H groups in total. The zero-order valence-electron chi connectivity index (χ0n) is 44.3. The van der Waals surface area contributed by atoms with Crippen molar-refractivity contribution in [3.8, 4) is 0 Å². The molecule has 6 aromatic carbocycles. The second kappa shape index (κ2) is 27.4. The van der Waals surface area contributed by atoms with Gasteiger partial charge in [0.05, 0.1) is 0 Å². The fourth-order valence-electron chi connectivity index (χ4n) is 12.6. The highest BCUT2D eigenvalue weighted by Crippen LogP contribution is 2.41. The van der Waals surface area contributed by atoms with Crippen LogP contribution in [0, 0.1) is 70.4 Å². The first-order chi connectivity index (χ1) is 36.8. The van der Waals surface area contributed by atoms with Crippen molar-refractivity contribution < 1.29 is 35.9 Å². The number of amides is 1. The van der Waals surface area contributed by atoms with Gasteiger partial charge in [-0.05, 0) is 219 Å². The first-order valence-electron chi connectivity index (χ1n) is 27.7. The number of ether oxygens (including phenoxy) is 1. The van der Waals surface area contributed by atoms with Crippen LogP contribution >= 0.6 is 0 Å². The van der Waals surface area contributed by atoms with E-state index in [4.69, 9.17) is 4.74 Å². The summed E-state index contributed by atoms with van der Waals surface area (Å²) in [6, 6.07) is 39.9. The summed E-state index contributed by atoms with van der Waals surface area (Å²) in [7, 11) is 0. The summed E-state index contributed by atoms with van der Waals surface area (Å²) in [5.74, 6) is 0.513. The van der Waals surface area contributed by atoms with E-state index in [2.05, 4.69) is 31.4 Å². The van der Waals surface area contributed by atoms with E-state index in [0.29, 0.717) is 42.7 Å². The molecule has 4 aliphatic rings. The van der Waals surface area contributed by atoms with Crippen molar-refractivity contribution in [3.63, 3.8) is 0 Å². The molecule has 0 aromatic heterocycles. The molecule has 6 aromatic rings. The SMILES string of the molecule is CC(C)[C@@H]1CC[C@@H](C)C[C@H]1OC(=O)N1CCC[C@H](C(c2cccc(F)c2)c2cccc(F)c2)C1.Fc1cccc(C(c2cccc(F)c2)[C@@H]2CCCNC2)c1.Fc1cccc(C(c2cccc(F)c2)[C@H]2CCCNC2)c1. The van der Waals surface area contributed by atoms with Gasteiger partial charge in [-0.1, -0.05) is 100.0 Å². The summed E-state index contributed by atoms with van der Waals surface area (Å²) < 4.78 is 88.8. The summed E-state index contributed by atoms with van der Waals surface area (Å²) in [5.41, 5.74) is 5.32. The summed E-state index contributed by atoms with van der Waals surface area (Å²) >= 11 is 0. The van der Waals surface area contributed by atoms with E-state index < -0.39 is 0 Å². The Bertz CT molecular complexity index is 2530. The molecule has 3 aliphatic heterocycles. The summed E-state index contributed by atoms with van der Waals surface area (Å²) in [5, 5.41) is 6.79. The van der Waals surface area contributed by atoms with Gasteiger partial charge in [0.15, 0.2) is 0 Å². The molecule has 10 rings (SSSR count). The van der Waals surface area contributed by atoms with Gasteiger partial charge < -0.3 is 20.3 Å². The first kappa shape index (κ1) is 56.3. The van der Waals surface area contributed by atoms with Crippen molar-refractivity contribution in [1.82, 2.24) is 15.5 Å². The van der Waals surface area contributed by atoms with E-state index >= 15 is 0 Å². The van der Waals surface area contributed by atoms with Gasteiger partial charge in [-0.25, -0.2) is 31.1 Å². The van der Waals surface area contributed by atoms with Crippen LogP contribution in [0.2, 0.25) is 0 Å². The van der Waals surface area contributed by atoms with E-state index in [1.54, 1.807) is 60.7 Å². The number of halogens is 6. The Labute approximate surface area is 446 Å². The number of hydrogen-bond acceptors (Lipinski definition) is 4. The van der Waals surface area contributed by atoms with Crippen LogP contribution in [-0.2, 0) is 4.74 Å². The van der Waals surface area contributed by atoms with Crippen molar-refractivity contribution in [2.45, 2.75) is 102 Å². The molecular weight excluding hydrogens is 969 g/mol. The predicted octanol–water partition coefficient (Wildman–Crippen LogP) is 15.6. The monoisotopic (exact) mass is 1040 g/mol. The van der Waals surface area contributed by atoms with Gasteiger partial charge in [-0.2, -0.15) is 0 Å². The van der Waals surface area contributed by atoms with E-state index in [9.17, 15) is 31.1 Å². The highest BCUT2D eigenvalue weighted by atomic mass is 19.1. The van der Waals surface area contributed by atoms with Gasteiger partial charge in [0.25, 0.3) is 0 Å². The molecule has 1 saturated carbocycles. The van der Waals surface area contributed by atoms with Crippen molar-refractivity contribution in [2.75, 3.05) is 39.3 Å². The normalized spacial score (nSPS) is 21.9. The summed E-state index contributed by atoms with van der Waals surface area (Å²) in [6.07, 6.45) is 9.00. The average Bonchev–Trinajstić information content (AvgIpc) is 3.41. The number of carbonyl (C=O) groups excluding carboxylic acids is 1. The zero-order chi connectivity index (χ0) is 53.6. The molecular formula is C65H75F6N3O2. The lowest BCUT2D eigenvalue weighted by Gasteiger charge is -2.40. The van der Waals surface area contributed by atoms with E-state index in [1.165, 1.54) is 55.0 Å². The van der Waals surface area contributed by atoms with Gasteiger partial charge in [0, 0.05) is 30.8 Å². The molecule has 404 valence electrons. The van der Waals surface area contributed by atoms with E-state index in [0.717, 1.165) is 111 Å². The molecule has 1 amide bonds. The van der Waals surface area contributed by atoms with Gasteiger partial charge in [-0.15, -0.1) is 0 Å². The molecule has 3 saturated heterocycles. The van der Waals surface area contributed by atoms with Crippen LogP contribution in [0.15, 0.2) is 146 Å². The Kier molecular flexibility index (Phi) is 20.3. The highest BCUT2D eigenvalue weighted by Gasteiger charge is 2.37. The molecule has 0 spiro atoms. The Morgan fingerprint density at radius 3 is 1.18 bits per heavy atom. The first-order valence-corrected chi connectivity index (χ1v) is 27.7. The fraction of sp³-hybridized carbons (Fsp3) is 0.431. The number of carbonyl (C=O) groups is 1. The summed E-state index contributed by atoms with van der Waals surface area (Å²) in [4.78, 5) is 15.1. The standard InChI is InChI=1S/C29H37F2NO2.2C18H19F2N/c1-19(2)26-13-12-20(3)15-27(26)34-29(33)32-14-6-9-23(18-32)28(21-7-4-10-24(30)16-21)22-8-5-11-25(31)17-22;2*19-16-7-1-4-13(10-16)18(15-6-3-9-21-12-15)14-5-2-8-17(20)11-14/h4-5,7-8,10-11,16-17,19-20,23,26-28H,6,9,12-15,18H2,1-3H3;2*1-2,4-5,7-8,10-11,15,18,21H,3,6,9,12H2/t20-,23+,26+,27-;2*15-/m110/s1. The van der Waals surface area contributed by atoms with Crippen LogP contribution in [0.25, 0.3) is 0 Å². The molecule has 11 heteroatoms. The zero-order valence-corrected chi connectivity index (χ0v) is 44.3. The van der Waals surface area contributed by atoms with Crippen LogP contribution in [0.5, 0.6) is 0 Å². The quantitative estimate of drug-likeness (QED) is 0.127. The lowest BCUT2D eigenvalue weighted by Crippen LogP contribution is -2.45. The number of nitrogens with zero attached hydrogens (tertiary/aromatic N) is 1. The molecule has 3 heterocycles. The number of rotatable bonds is 11. The van der Waals surface area contributed by atoms with Crippen molar-refractivity contribution in [2.24, 2.45) is 35.5 Å². The lowest BCUT2D eigenvalue weighted by molar-refractivity contribution is -0.0153.